The largest absolute Gasteiger partial charge is 0.494 e. The monoisotopic (exact) mass is 424 g/mol. The van der Waals surface area contributed by atoms with Crippen LogP contribution in [0.2, 0.25) is 5.02 Å². The van der Waals surface area contributed by atoms with E-state index in [4.69, 9.17) is 16.3 Å². The van der Waals surface area contributed by atoms with E-state index in [2.05, 4.69) is 5.32 Å². The summed E-state index contributed by atoms with van der Waals surface area (Å²) in [6.45, 7) is 7.55. The van der Waals surface area contributed by atoms with Crippen LogP contribution in [0.5, 0.6) is 5.75 Å². The number of anilines is 1. The van der Waals surface area contributed by atoms with E-state index in [1.165, 1.54) is 6.07 Å². The van der Waals surface area contributed by atoms with Gasteiger partial charge in [0.1, 0.15) is 5.75 Å². The maximum absolute atomic E-state index is 13.0. The van der Waals surface area contributed by atoms with Crippen LogP contribution in [-0.2, 0) is 14.8 Å². The summed E-state index contributed by atoms with van der Waals surface area (Å²) >= 11 is 5.92. The summed E-state index contributed by atoms with van der Waals surface area (Å²) in [5.74, 6) is 0.221. The third-order valence-electron chi connectivity index (χ3n) is 4.22. The van der Waals surface area contributed by atoms with Crippen molar-refractivity contribution in [2.24, 2.45) is 0 Å². The summed E-state index contributed by atoms with van der Waals surface area (Å²) in [7, 11) is -3.81. The highest BCUT2D eigenvalue weighted by Crippen LogP contribution is 2.24. The molecule has 0 fully saturated rings. The Balaban J connectivity index is 2.18. The number of benzene rings is 2. The Morgan fingerprint density at radius 1 is 1.11 bits per heavy atom. The van der Waals surface area contributed by atoms with Crippen LogP contribution >= 0.6 is 11.6 Å². The van der Waals surface area contributed by atoms with Crippen LogP contribution in [0.1, 0.15) is 25.0 Å². The van der Waals surface area contributed by atoms with Crippen LogP contribution in [0.3, 0.4) is 0 Å². The molecule has 0 radical (unpaired) electrons. The summed E-state index contributed by atoms with van der Waals surface area (Å²) in [5.41, 5.74) is 2.12. The molecule has 2 aromatic carbocycles. The van der Waals surface area contributed by atoms with Crippen molar-refractivity contribution in [2.75, 3.05) is 25.0 Å². The van der Waals surface area contributed by atoms with E-state index in [1.54, 1.807) is 44.2 Å². The van der Waals surface area contributed by atoms with E-state index in [0.29, 0.717) is 23.1 Å². The van der Waals surface area contributed by atoms with E-state index in [0.717, 1.165) is 15.4 Å². The predicted molar refractivity (Wildman–Crippen MR) is 112 cm³/mol. The molecular formula is C20H25ClN2O4S. The van der Waals surface area contributed by atoms with E-state index < -0.39 is 15.9 Å². The molecule has 0 spiro atoms. The zero-order valence-electron chi connectivity index (χ0n) is 16.5. The zero-order chi connectivity index (χ0) is 20.9. The first-order chi connectivity index (χ1) is 13.2. The lowest BCUT2D eigenvalue weighted by Gasteiger charge is -2.21. The van der Waals surface area contributed by atoms with Gasteiger partial charge in [0.25, 0.3) is 0 Å². The molecule has 0 saturated carbocycles. The van der Waals surface area contributed by atoms with Gasteiger partial charge in [0.05, 0.1) is 18.0 Å². The lowest BCUT2D eigenvalue weighted by Crippen LogP contribution is -2.38. The number of hydrogen-bond acceptors (Lipinski definition) is 4. The van der Waals surface area contributed by atoms with Gasteiger partial charge < -0.3 is 10.1 Å². The molecule has 152 valence electrons. The van der Waals surface area contributed by atoms with Gasteiger partial charge in [-0.05, 0) is 68.3 Å². The standard InChI is InChI=1S/C20H25ClN2O4S/c1-5-23(13-20(24)22-18-9-7-16(21)11-14(18)3)28(25,26)17-8-10-19(27-6-2)15(4)12-17/h7-12H,5-6,13H2,1-4H3,(H,22,24). The Kier molecular flexibility index (Phi) is 7.46. The van der Waals surface area contributed by atoms with Crippen LogP contribution < -0.4 is 10.1 Å². The Morgan fingerprint density at radius 3 is 2.39 bits per heavy atom. The molecule has 0 aliphatic heterocycles. The molecule has 1 amide bonds. The highest BCUT2D eigenvalue weighted by molar-refractivity contribution is 7.89. The fourth-order valence-corrected chi connectivity index (χ4v) is 4.45. The minimum Gasteiger partial charge on any atom is -0.494 e. The molecule has 0 bridgehead atoms. The number of carbonyl (C=O) groups excluding carboxylic acids is 1. The van der Waals surface area contributed by atoms with Gasteiger partial charge in [-0.2, -0.15) is 4.31 Å². The highest BCUT2D eigenvalue weighted by Gasteiger charge is 2.26. The minimum atomic E-state index is -3.81. The van der Waals surface area contributed by atoms with Crippen LogP contribution in [0, 0.1) is 13.8 Å². The summed E-state index contributed by atoms with van der Waals surface area (Å²) in [6.07, 6.45) is 0. The first kappa shape index (κ1) is 22.2. The second-order valence-electron chi connectivity index (χ2n) is 6.30. The maximum atomic E-state index is 13.0. The van der Waals surface area contributed by atoms with Crippen molar-refractivity contribution in [2.45, 2.75) is 32.6 Å². The van der Waals surface area contributed by atoms with Gasteiger partial charge in [-0.3, -0.25) is 4.79 Å². The molecule has 2 aromatic rings. The molecule has 0 heterocycles. The molecule has 8 heteroatoms. The fraction of sp³-hybridized carbons (Fsp3) is 0.350. The molecule has 0 saturated heterocycles. The third kappa shape index (κ3) is 5.25. The van der Waals surface area contributed by atoms with E-state index in [9.17, 15) is 13.2 Å². The SMILES string of the molecule is CCOc1ccc(S(=O)(=O)N(CC)CC(=O)Nc2ccc(Cl)cc2C)cc1C. The van der Waals surface area contributed by atoms with Crippen molar-refractivity contribution in [3.8, 4) is 5.75 Å². The molecular weight excluding hydrogens is 400 g/mol. The van der Waals surface area contributed by atoms with E-state index >= 15 is 0 Å². The Hall–Kier alpha value is -2.09. The van der Waals surface area contributed by atoms with Gasteiger partial charge in [0, 0.05) is 17.3 Å². The second-order valence-corrected chi connectivity index (χ2v) is 8.67. The Bertz CT molecular complexity index is 961. The number of nitrogens with one attached hydrogen (secondary N) is 1. The van der Waals surface area contributed by atoms with Gasteiger partial charge in [-0.1, -0.05) is 18.5 Å². The second kappa shape index (κ2) is 9.41. The molecule has 28 heavy (non-hydrogen) atoms. The molecule has 2 rings (SSSR count). The summed E-state index contributed by atoms with van der Waals surface area (Å²) in [6, 6.07) is 9.78. The van der Waals surface area contributed by atoms with Crippen molar-refractivity contribution in [1.29, 1.82) is 0 Å². The summed E-state index contributed by atoms with van der Waals surface area (Å²) in [5, 5.41) is 3.31. The number of carbonyl (C=O) groups is 1. The van der Waals surface area contributed by atoms with Gasteiger partial charge in [0.2, 0.25) is 15.9 Å². The number of ether oxygens (including phenoxy) is 1. The van der Waals surface area contributed by atoms with Crippen molar-refractivity contribution in [3.05, 3.63) is 52.5 Å². The van der Waals surface area contributed by atoms with Crippen LogP contribution in [0.15, 0.2) is 41.3 Å². The lowest BCUT2D eigenvalue weighted by molar-refractivity contribution is -0.116. The number of sulfonamides is 1. The van der Waals surface area contributed by atoms with Crippen molar-refractivity contribution < 1.29 is 17.9 Å². The van der Waals surface area contributed by atoms with E-state index in [-0.39, 0.29) is 18.0 Å². The number of likely N-dealkylation sites (N-methyl/N-ethyl adjacent to an activating group) is 1. The molecule has 0 aliphatic carbocycles. The van der Waals surface area contributed by atoms with Crippen molar-refractivity contribution in [3.63, 3.8) is 0 Å². The molecule has 0 unspecified atom stereocenters. The Labute approximate surface area is 171 Å². The van der Waals surface area contributed by atoms with Crippen LogP contribution in [0.4, 0.5) is 5.69 Å². The number of rotatable bonds is 8. The minimum absolute atomic E-state index is 0.130. The number of hydrogen-bond donors (Lipinski definition) is 1. The van der Waals surface area contributed by atoms with Gasteiger partial charge in [0.15, 0.2) is 0 Å². The first-order valence-corrected chi connectivity index (χ1v) is 10.8. The molecule has 0 aliphatic rings. The topological polar surface area (TPSA) is 75.7 Å². The maximum Gasteiger partial charge on any atom is 0.243 e. The quantitative estimate of drug-likeness (QED) is 0.694. The average Bonchev–Trinajstić information content (AvgIpc) is 2.63. The zero-order valence-corrected chi connectivity index (χ0v) is 18.0. The number of halogens is 1. The van der Waals surface area contributed by atoms with Gasteiger partial charge >= 0.3 is 0 Å². The predicted octanol–water partition coefficient (Wildman–Crippen LogP) is 4.00. The average molecular weight is 425 g/mol. The van der Waals surface area contributed by atoms with Crippen LogP contribution in [-0.4, -0.2) is 38.3 Å². The van der Waals surface area contributed by atoms with Crippen LogP contribution in [0.25, 0.3) is 0 Å². The summed E-state index contributed by atoms with van der Waals surface area (Å²) < 4.78 is 32.5. The Morgan fingerprint density at radius 2 is 1.82 bits per heavy atom. The molecule has 0 atom stereocenters. The lowest BCUT2D eigenvalue weighted by atomic mass is 10.2. The first-order valence-electron chi connectivity index (χ1n) is 8.98. The van der Waals surface area contributed by atoms with Gasteiger partial charge in [-0.15, -0.1) is 0 Å². The number of aryl methyl sites for hydroxylation is 2. The van der Waals surface area contributed by atoms with Crippen molar-refractivity contribution in [1.82, 2.24) is 4.31 Å². The number of amides is 1. The fourth-order valence-electron chi connectivity index (χ4n) is 2.73. The molecule has 1 N–H and O–H groups in total. The smallest absolute Gasteiger partial charge is 0.243 e. The van der Waals surface area contributed by atoms with Gasteiger partial charge in [-0.25, -0.2) is 8.42 Å². The summed E-state index contributed by atoms with van der Waals surface area (Å²) in [4.78, 5) is 12.6. The molecule has 0 aromatic heterocycles. The van der Waals surface area contributed by atoms with Crippen molar-refractivity contribution >= 4 is 33.2 Å². The highest BCUT2D eigenvalue weighted by atomic mass is 35.5. The normalized spacial score (nSPS) is 11.5. The van der Waals surface area contributed by atoms with E-state index in [1.807, 2.05) is 13.8 Å². The third-order valence-corrected chi connectivity index (χ3v) is 6.37. The number of nitrogens with zero attached hydrogens (tertiary/aromatic N) is 1. The molecule has 6 nitrogen and oxygen atoms in total.